The van der Waals surface area contributed by atoms with Crippen LogP contribution < -0.4 is 4.90 Å². The van der Waals surface area contributed by atoms with E-state index >= 15 is 0 Å². The third-order valence-electron chi connectivity index (χ3n) is 3.67. The molecule has 1 fully saturated rings. The number of ether oxygens (including phenoxy) is 3. The van der Waals surface area contributed by atoms with Crippen molar-refractivity contribution in [3.63, 3.8) is 0 Å². The second kappa shape index (κ2) is 9.30. The van der Waals surface area contributed by atoms with Crippen molar-refractivity contribution in [3.05, 3.63) is 23.8 Å². The average Bonchev–Trinajstić information content (AvgIpc) is 2.64. The monoisotopic (exact) mass is 371 g/mol. The molecule has 1 aliphatic rings. The summed E-state index contributed by atoms with van der Waals surface area (Å²) in [5.41, 5.74) is -0.344. The Labute approximate surface area is 148 Å². The lowest BCUT2D eigenvalue weighted by molar-refractivity contribution is -0.146. The van der Waals surface area contributed by atoms with Crippen molar-refractivity contribution in [1.82, 2.24) is 0 Å². The molecule has 1 atom stereocenters. The summed E-state index contributed by atoms with van der Waals surface area (Å²) in [5, 5.41) is 7.02. The highest BCUT2D eigenvalue weighted by molar-refractivity contribution is 6.03. The maximum atomic E-state index is 14.3. The molecule has 1 unspecified atom stereocenters. The Bertz CT molecular complexity index is 693. The number of ketones is 1. The smallest absolute Gasteiger partial charge is 0.340 e. The Kier molecular flexibility index (Phi) is 7.10. The third kappa shape index (κ3) is 4.79. The van der Waals surface area contributed by atoms with Gasteiger partial charge in [0.25, 0.3) is 0 Å². The molecule has 0 aliphatic carbocycles. The Morgan fingerprint density at radius 3 is 2.54 bits per heavy atom. The van der Waals surface area contributed by atoms with Crippen LogP contribution in [0.5, 0.6) is 0 Å². The molecule has 1 aromatic carbocycles. The van der Waals surface area contributed by atoms with Crippen molar-refractivity contribution in [2.24, 2.45) is 10.2 Å². The topological polar surface area (TPSA) is 89.8 Å². The van der Waals surface area contributed by atoms with Crippen LogP contribution >= 0.6 is 0 Å². The first-order valence-electron chi connectivity index (χ1n) is 7.80. The maximum Gasteiger partial charge on any atom is 0.340 e. The standard InChI is InChI=1S/C16H19F2N3O5/c1-24-9-14(22)15(16(23)25-2)20-19-12-7-11(18)13(8-10(12)17)21-3-5-26-6-4-21/h7-8,15H,3-6,9H2,1-2H3. The van der Waals surface area contributed by atoms with Gasteiger partial charge in [-0.25, -0.2) is 13.6 Å². The van der Waals surface area contributed by atoms with Gasteiger partial charge < -0.3 is 19.1 Å². The average molecular weight is 371 g/mol. The number of anilines is 1. The van der Waals surface area contributed by atoms with Gasteiger partial charge in [-0.2, -0.15) is 10.2 Å². The minimum absolute atomic E-state index is 0.0877. The molecule has 0 bridgehead atoms. The van der Waals surface area contributed by atoms with E-state index in [9.17, 15) is 18.4 Å². The molecule has 1 aromatic rings. The SMILES string of the molecule is COCC(=O)C(N=Nc1cc(F)c(N2CCOCC2)cc1F)C(=O)OC. The Morgan fingerprint density at radius 2 is 1.92 bits per heavy atom. The highest BCUT2D eigenvalue weighted by Gasteiger charge is 2.27. The summed E-state index contributed by atoms with van der Waals surface area (Å²) < 4.78 is 42.9. The lowest BCUT2D eigenvalue weighted by Gasteiger charge is -2.29. The molecule has 26 heavy (non-hydrogen) atoms. The zero-order valence-corrected chi connectivity index (χ0v) is 14.4. The van der Waals surface area contributed by atoms with E-state index in [2.05, 4.69) is 19.7 Å². The number of esters is 1. The van der Waals surface area contributed by atoms with Crippen LogP contribution in [-0.4, -0.2) is 64.9 Å². The quantitative estimate of drug-likeness (QED) is 0.411. The van der Waals surface area contributed by atoms with Crippen molar-refractivity contribution in [1.29, 1.82) is 0 Å². The number of azo groups is 1. The first-order chi connectivity index (χ1) is 12.5. The Hall–Kier alpha value is -2.46. The highest BCUT2D eigenvalue weighted by atomic mass is 19.1. The molecule has 0 saturated carbocycles. The third-order valence-corrected chi connectivity index (χ3v) is 3.67. The molecule has 0 N–H and O–H groups in total. The summed E-state index contributed by atoms with van der Waals surface area (Å²) in [6.07, 6.45) is 0. The molecule has 1 aliphatic heterocycles. The van der Waals surface area contributed by atoms with Gasteiger partial charge in [-0.1, -0.05) is 0 Å². The van der Waals surface area contributed by atoms with Crippen molar-refractivity contribution in [2.45, 2.75) is 6.04 Å². The van der Waals surface area contributed by atoms with Gasteiger partial charge in [0.15, 0.2) is 11.6 Å². The Balaban J connectivity index is 2.24. The number of halogens is 2. The second-order valence-corrected chi connectivity index (χ2v) is 5.39. The number of methoxy groups -OCH3 is 2. The molecular formula is C16H19F2N3O5. The van der Waals surface area contributed by atoms with Crippen molar-refractivity contribution < 1.29 is 32.6 Å². The summed E-state index contributed by atoms with van der Waals surface area (Å²) in [6.45, 7) is 1.32. The van der Waals surface area contributed by atoms with E-state index in [1.54, 1.807) is 4.90 Å². The van der Waals surface area contributed by atoms with Crippen LogP contribution in [-0.2, 0) is 23.8 Å². The normalized spacial score (nSPS) is 15.9. The molecule has 0 spiro atoms. The molecule has 1 heterocycles. The predicted molar refractivity (Wildman–Crippen MR) is 86.6 cm³/mol. The van der Waals surface area contributed by atoms with Crippen LogP contribution in [0.4, 0.5) is 20.2 Å². The minimum atomic E-state index is -1.61. The number of benzene rings is 1. The summed E-state index contributed by atoms with van der Waals surface area (Å²) in [7, 11) is 2.34. The zero-order valence-electron chi connectivity index (χ0n) is 14.4. The number of carbonyl (C=O) groups is 2. The highest BCUT2D eigenvalue weighted by Crippen LogP contribution is 2.29. The number of hydrogen-bond acceptors (Lipinski definition) is 8. The van der Waals surface area contributed by atoms with E-state index in [-0.39, 0.29) is 5.69 Å². The predicted octanol–water partition coefficient (Wildman–Crippen LogP) is 1.64. The van der Waals surface area contributed by atoms with Crippen LogP contribution in [0.25, 0.3) is 0 Å². The van der Waals surface area contributed by atoms with E-state index in [1.807, 2.05) is 0 Å². The summed E-state index contributed by atoms with van der Waals surface area (Å²) in [4.78, 5) is 25.1. The van der Waals surface area contributed by atoms with Crippen LogP contribution in [0.2, 0.25) is 0 Å². The number of carbonyl (C=O) groups excluding carboxylic acids is 2. The van der Waals surface area contributed by atoms with Crippen molar-refractivity contribution in [3.8, 4) is 0 Å². The number of morpholine rings is 1. The summed E-state index contributed by atoms with van der Waals surface area (Å²) in [5.74, 6) is -3.21. The van der Waals surface area contributed by atoms with Crippen LogP contribution in [0.15, 0.2) is 22.4 Å². The van der Waals surface area contributed by atoms with Gasteiger partial charge in [-0.15, -0.1) is 0 Å². The zero-order chi connectivity index (χ0) is 19.1. The Morgan fingerprint density at radius 1 is 1.23 bits per heavy atom. The summed E-state index contributed by atoms with van der Waals surface area (Å²) >= 11 is 0. The van der Waals surface area contributed by atoms with Crippen LogP contribution in [0.1, 0.15) is 0 Å². The number of rotatable bonds is 7. The largest absolute Gasteiger partial charge is 0.467 e. The maximum absolute atomic E-state index is 14.3. The molecule has 0 aromatic heterocycles. The van der Waals surface area contributed by atoms with Crippen molar-refractivity contribution in [2.75, 3.05) is 52.0 Å². The van der Waals surface area contributed by atoms with Crippen LogP contribution in [0, 0.1) is 11.6 Å². The van der Waals surface area contributed by atoms with E-state index in [0.717, 1.165) is 19.2 Å². The van der Waals surface area contributed by atoms with E-state index in [1.165, 1.54) is 7.11 Å². The fourth-order valence-electron chi connectivity index (χ4n) is 2.34. The fourth-order valence-corrected chi connectivity index (χ4v) is 2.34. The molecule has 142 valence electrons. The number of hydrogen-bond donors (Lipinski definition) is 0. The first-order valence-corrected chi connectivity index (χ1v) is 7.80. The van der Waals surface area contributed by atoms with Crippen LogP contribution in [0.3, 0.4) is 0 Å². The van der Waals surface area contributed by atoms with Gasteiger partial charge in [-0.3, -0.25) is 4.79 Å². The minimum Gasteiger partial charge on any atom is -0.467 e. The fraction of sp³-hybridized carbons (Fsp3) is 0.500. The van der Waals surface area contributed by atoms with Gasteiger partial charge in [0, 0.05) is 32.3 Å². The molecule has 0 radical (unpaired) electrons. The van der Waals surface area contributed by atoms with Gasteiger partial charge in [0.1, 0.15) is 18.1 Å². The summed E-state index contributed by atoms with van der Waals surface area (Å²) in [6, 6.07) is 0.249. The van der Waals surface area contributed by atoms with Gasteiger partial charge in [0.05, 0.1) is 26.0 Å². The molecule has 0 amide bonds. The van der Waals surface area contributed by atoms with Gasteiger partial charge in [0.2, 0.25) is 6.04 Å². The molecule has 8 nitrogen and oxygen atoms in total. The lowest BCUT2D eigenvalue weighted by Crippen LogP contribution is -2.36. The van der Waals surface area contributed by atoms with Crippen molar-refractivity contribution >= 4 is 23.1 Å². The van der Waals surface area contributed by atoms with Gasteiger partial charge >= 0.3 is 5.97 Å². The van der Waals surface area contributed by atoms with E-state index in [4.69, 9.17) is 4.74 Å². The molecule has 10 heteroatoms. The number of Topliss-reactive ketones (excluding diaryl/α,β-unsaturated/α-hetero) is 1. The van der Waals surface area contributed by atoms with Gasteiger partial charge in [-0.05, 0) is 0 Å². The first kappa shape index (κ1) is 19.9. The van der Waals surface area contributed by atoms with E-state index in [0.29, 0.717) is 26.3 Å². The molecule has 1 saturated heterocycles. The van der Waals surface area contributed by atoms with E-state index < -0.39 is 41.7 Å². The lowest BCUT2D eigenvalue weighted by atomic mass is 10.2. The molecule has 2 rings (SSSR count). The second-order valence-electron chi connectivity index (χ2n) is 5.39. The molecular weight excluding hydrogens is 352 g/mol. The number of nitrogens with zero attached hydrogens (tertiary/aromatic N) is 3.